The number of nitrogens with one attached hydrogen (secondary N) is 1. The first-order valence-electron chi connectivity index (χ1n) is 5.29. The number of aryl methyl sites for hydroxylation is 1. The number of fused-ring (bicyclic) bond motifs is 1. The van der Waals surface area contributed by atoms with Crippen LogP contribution in [0, 0.1) is 6.92 Å². The second kappa shape index (κ2) is 4.23. The summed E-state index contributed by atoms with van der Waals surface area (Å²) in [6.45, 7) is 1.79. The van der Waals surface area contributed by atoms with Crippen LogP contribution in [0.1, 0.15) is 16.4 Å². The van der Waals surface area contributed by atoms with Gasteiger partial charge >= 0.3 is 0 Å². The third kappa shape index (κ3) is 1.98. The minimum Gasteiger partial charge on any atom is -0.441 e. The van der Waals surface area contributed by atoms with Crippen molar-refractivity contribution in [1.29, 1.82) is 0 Å². The van der Waals surface area contributed by atoms with Crippen LogP contribution >= 0.6 is 11.3 Å². The average molecular weight is 259 g/mol. The molecule has 0 radical (unpaired) electrons. The van der Waals surface area contributed by atoms with E-state index in [4.69, 9.17) is 4.42 Å². The summed E-state index contributed by atoms with van der Waals surface area (Å²) in [5.41, 5.74) is 4.15. The van der Waals surface area contributed by atoms with Crippen LogP contribution in [0.5, 0.6) is 0 Å². The van der Waals surface area contributed by atoms with Gasteiger partial charge in [0.25, 0.3) is 5.91 Å². The lowest BCUT2D eigenvalue weighted by molar-refractivity contribution is 0.102. The second-order valence-electron chi connectivity index (χ2n) is 3.74. The second-order valence-corrected chi connectivity index (χ2v) is 4.46. The van der Waals surface area contributed by atoms with Gasteiger partial charge in [-0.05, 0) is 18.2 Å². The van der Waals surface area contributed by atoms with Crippen molar-refractivity contribution in [3.63, 3.8) is 0 Å². The molecule has 5 nitrogen and oxygen atoms in total. The Morgan fingerprint density at radius 1 is 1.44 bits per heavy atom. The summed E-state index contributed by atoms with van der Waals surface area (Å²) in [5.74, 6) is 0.379. The lowest BCUT2D eigenvalue weighted by Gasteiger charge is -2.02. The highest BCUT2D eigenvalue weighted by Crippen LogP contribution is 2.20. The molecule has 0 saturated carbocycles. The SMILES string of the molecule is Cc1nc2cc(NC(=O)c3cscn3)ccc2o1. The number of hydrogen-bond acceptors (Lipinski definition) is 5. The third-order valence-corrected chi connectivity index (χ3v) is 3.00. The standard InChI is InChI=1S/C12H9N3O2S/c1-7-14-9-4-8(2-3-11(9)17-7)15-12(16)10-5-18-6-13-10/h2-6H,1H3,(H,15,16). The van der Waals surface area contributed by atoms with Crippen LogP contribution in [0.4, 0.5) is 5.69 Å². The Hall–Kier alpha value is -2.21. The smallest absolute Gasteiger partial charge is 0.275 e. The molecule has 18 heavy (non-hydrogen) atoms. The monoisotopic (exact) mass is 259 g/mol. The van der Waals surface area contributed by atoms with Crippen LogP contribution in [0.3, 0.4) is 0 Å². The fraction of sp³-hybridized carbons (Fsp3) is 0.0833. The molecule has 0 spiro atoms. The minimum atomic E-state index is -0.226. The van der Waals surface area contributed by atoms with E-state index in [1.165, 1.54) is 11.3 Å². The first-order chi connectivity index (χ1) is 8.72. The van der Waals surface area contributed by atoms with E-state index in [9.17, 15) is 4.79 Å². The first-order valence-corrected chi connectivity index (χ1v) is 6.23. The van der Waals surface area contributed by atoms with Crippen molar-refractivity contribution < 1.29 is 9.21 Å². The van der Waals surface area contributed by atoms with Crippen LogP contribution in [0.25, 0.3) is 11.1 Å². The van der Waals surface area contributed by atoms with Gasteiger partial charge in [-0.15, -0.1) is 11.3 Å². The summed E-state index contributed by atoms with van der Waals surface area (Å²) in [5, 5.41) is 4.47. The summed E-state index contributed by atoms with van der Waals surface area (Å²) < 4.78 is 5.37. The van der Waals surface area contributed by atoms with Gasteiger partial charge in [-0.3, -0.25) is 4.79 Å². The predicted molar refractivity (Wildman–Crippen MR) is 68.8 cm³/mol. The van der Waals surface area contributed by atoms with E-state index in [-0.39, 0.29) is 5.91 Å². The van der Waals surface area contributed by atoms with E-state index >= 15 is 0 Å². The summed E-state index contributed by atoms with van der Waals surface area (Å²) in [6, 6.07) is 5.33. The minimum absolute atomic E-state index is 0.226. The molecule has 3 rings (SSSR count). The molecule has 0 aliphatic heterocycles. The number of oxazole rings is 1. The lowest BCUT2D eigenvalue weighted by atomic mass is 10.3. The van der Waals surface area contributed by atoms with Gasteiger partial charge in [0.15, 0.2) is 11.5 Å². The van der Waals surface area contributed by atoms with Crippen molar-refractivity contribution in [3.05, 3.63) is 40.7 Å². The number of thiazole rings is 1. The Morgan fingerprint density at radius 3 is 3.11 bits per heavy atom. The van der Waals surface area contributed by atoms with Gasteiger partial charge in [0.05, 0.1) is 5.51 Å². The Bertz CT molecular complexity index is 703. The zero-order valence-corrected chi connectivity index (χ0v) is 10.3. The number of nitrogens with zero attached hydrogens (tertiary/aromatic N) is 2. The molecule has 0 bridgehead atoms. The van der Waals surface area contributed by atoms with Crippen LogP contribution in [0.15, 0.2) is 33.5 Å². The van der Waals surface area contributed by atoms with Crippen LogP contribution in [-0.4, -0.2) is 15.9 Å². The number of rotatable bonds is 2. The molecular formula is C12H9N3O2S. The van der Waals surface area contributed by atoms with Crippen LogP contribution < -0.4 is 5.32 Å². The fourth-order valence-corrected chi connectivity index (χ4v) is 2.17. The zero-order chi connectivity index (χ0) is 12.5. The number of benzene rings is 1. The van der Waals surface area contributed by atoms with Crippen molar-refractivity contribution in [2.45, 2.75) is 6.92 Å². The van der Waals surface area contributed by atoms with Gasteiger partial charge in [-0.25, -0.2) is 9.97 Å². The summed E-state index contributed by atoms with van der Waals surface area (Å²) in [6.07, 6.45) is 0. The number of hydrogen-bond donors (Lipinski definition) is 1. The Morgan fingerprint density at radius 2 is 2.33 bits per heavy atom. The molecule has 2 heterocycles. The van der Waals surface area contributed by atoms with Gasteiger partial charge in [0.2, 0.25) is 0 Å². The molecule has 0 atom stereocenters. The zero-order valence-electron chi connectivity index (χ0n) is 9.51. The van der Waals surface area contributed by atoms with Crippen molar-refractivity contribution >= 4 is 34.0 Å². The topological polar surface area (TPSA) is 68.0 Å². The molecule has 0 saturated heterocycles. The van der Waals surface area contributed by atoms with Gasteiger partial charge in [0, 0.05) is 18.0 Å². The molecule has 3 aromatic rings. The van der Waals surface area contributed by atoms with Crippen molar-refractivity contribution in [3.8, 4) is 0 Å². The number of carbonyl (C=O) groups excluding carboxylic acids is 1. The maximum absolute atomic E-state index is 11.8. The molecule has 0 aliphatic rings. The largest absolute Gasteiger partial charge is 0.441 e. The third-order valence-electron chi connectivity index (χ3n) is 2.42. The summed E-state index contributed by atoms with van der Waals surface area (Å²) in [4.78, 5) is 20.0. The van der Waals surface area contributed by atoms with Gasteiger partial charge in [0.1, 0.15) is 11.2 Å². The summed E-state index contributed by atoms with van der Waals surface area (Å²) in [7, 11) is 0. The number of anilines is 1. The Labute approximate surface area is 106 Å². The molecule has 90 valence electrons. The average Bonchev–Trinajstić information content (AvgIpc) is 2.95. The van der Waals surface area contributed by atoms with Crippen LogP contribution in [0.2, 0.25) is 0 Å². The quantitative estimate of drug-likeness (QED) is 0.768. The number of amides is 1. The molecule has 1 aromatic carbocycles. The van der Waals surface area contributed by atoms with E-state index in [0.29, 0.717) is 22.9 Å². The number of aromatic nitrogens is 2. The van der Waals surface area contributed by atoms with E-state index < -0.39 is 0 Å². The maximum Gasteiger partial charge on any atom is 0.275 e. The van der Waals surface area contributed by atoms with Gasteiger partial charge in [-0.1, -0.05) is 0 Å². The first kappa shape index (κ1) is 10.9. The highest BCUT2D eigenvalue weighted by Gasteiger charge is 2.09. The van der Waals surface area contributed by atoms with Gasteiger partial charge < -0.3 is 9.73 Å². The molecule has 0 fully saturated rings. The highest BCUT2D eigenvalue weighted by atomic mass is 32.1. The van der Waals surface area contributed by atoms with E-state index in [2.05, 4.69) is 15.3 Å². The Kier molecular flexibility index (Phi) is 2.56. The van der Waals surface area contributed by atoms with Crippen molar-refractivity contribution in [2.75, 3.05) is 5.32 Å². The fourth-order valence-electron chi connectivity index (χ4n) is 1.64. The van der Waals surface area contributed by atoms with E-state index in [1.54, 1.807) is 36.0 Å². The normalized spacial score (nSPS) is 10.7. The maximum atomic E-state index is 11.8. The molecule has 1 amide bonds. The summed E-state index contributed by atoms with van der Waals surface area (Å²) >= 11 is 1.39. The highest BCUT2D eigenvalue weighted by molar-refractivity contribution is 7.07. The molecule has 6 heteroatoms. The van der Waals surface area contributed by atoms with Crippen molar-refractivity contribution in [1.82, 2.24) is 9.97 Å². The predicted octanol–water partition coefficient (Wildman–Crippen LogP) is 2.85. The molecule has 0 unspecified atom stereocenters. The number of carbonyl (C=O) groups is 1. The Balaban J connectivity index is 1.88. The van der Waals surface area contributed by atoms with E-state index in [0.717, 1.165) is 5.52 Å². The van der Waals surface area contributed by atoms with E-state index in [1.807, 2.05) is 0 Å². The molecular weight excluding hydrogens is 250 g/mol. The lowest BCUT2D eigenvalue weighted by Crippen LogP contribution is -2.11. The van der Waals surface area contributed by atoms with Crippen LogP contribution in [-0.2, 0) is 0 Å². The molecule has 1 N–H and O–H groups in total. The molecule has 2 aromatic heterocycles. The van der Waals surface area contributed by atoms with Crippen molar-refractivity contribution in [2.24, 2.45) is 0 Å². The van der Waals surface area contributed by atoms with Gasteiger partial charge in [-0.2, -0.15) is 0 Å². The molecule has 0 aliphatic carbocycles.